The van der Waals surface area contributed by atoms with E-state index in [2.05, 4.69) is 27.7 Å². The average molecular weight is 208 g/mol. The van der Waals surface area contributed by atoms with E-state index < -0.39 is 0 Å². The van der Waals surface area contributed by atoms with Crippen molar-refractivity contribution in [2.24, 2.45) is 0 Å². The molecule has 0 aromatic heterocycles. The third kappa shape index (κ3) is 22.4. The first kappa shape index (κ1) is 15.2. The molecule has 0 saturated heterocycles. The highest BCUT2D eigenvalue weighted by atomic mass is 32.2. The van der Waals surface area contributed by atoms with E-state index in [0.717, 1.165) is 0 Å². The Kier molecular flexibility index (Phi) is 22.4. The Hall–Kier alpha value is 0.700. The highest BCUT2D eigenvalue weighted by Crippen LogP contribution is 1.98. The standard InChI is InChI=1S/2C5H12S/c2*1-3-5-6-4-2/h2*3-5H2,1-2H3. The van der Waals surface area contributed by atoms with Crippen molar-refractivity contribution in [3.8, 4) is 0 Å². The molecule has 0 radical (unpaired) electrons. The van der Waals surface area contributed by atoms with Gasteiger partial charge in [0, 0.05) is 0 Å². The van der Waals surface area contributed by atoms with E-state index in [4.69, 9.17) is 0 Å². The van der Waals surface area contributed by atoms with Crippen LogP contribution in [0.25, 0.3) is 0 Å². The van der Waals surface area contributed by atoms with Crippen LogP contribution in [0.1, 0.15) is 40.5 Å². The van der Waals surface area contributed by atoms with Crippen LogP contribution in [0.15, 0.2) is 0 Å². The zero-order chi connectivity index (χ0) is 9.66. The Bertz CT molecular complexity index is 39.8. The van der Waals surface area contributed by atoms with E-state index in [-0.39, 0.29) is 0 Å². The molecule has 0 atom stereocenters. The van der Waals surface area contributed by atoms with Crippen LogP contribution in [0.4, 0.5) is 0 Å². The lowest BCUT2D eigenvalue weighted by Gasteiger charge is -1.87. The van der Waals surface area contributed by atoms with Crippen LogP contribution in [0.2, 0.25) is 0 Å². The van der Waals surface area contributed by atoms with Gasteiger partial charge in [0.1, 0.15) is 0 Å². The highest BCUT2D eigenvalue weighted by molar-refractivity contribution is 7.99. The SMILES string of the molecule is CCCSCC.CCCSCC. The monoisotopic (exact) mass is 208 g/mol. The van der Waals surface area contributed by atoms with Gasteiger partial charge in [0.2, 0.25) is 0 Å². The summed E-state index contributed by atoms with van der Waals surface area (Å²) in [5.41, 5.74) is 0. The third-order valence-electron chi connectivity index (χ3n) is 1.11. The number of hydrogen-bond acceptors (Lipinski definition) is 2. The molecule has 0 aliphatic heterocycles. The molecule has 0 spiro atoms. The van der Waals surface area contributed by atoms with E-state index in [9.17, 15) is 0 Å². The molecule has 0 aromatic rings. The van der Waals surface area contributed by atoms with E-state index >= 15 is 0 Å². The molecule has 0 heterocycles. The second-order valence-electron chi connectivity index (χ2n) is 2.39. The molecule has 0 N–H and O–H groups in total. The first-order valence-corrected chi connectivity index (χ1v) is 7.29. The summed E-state index contributed by atoms with van der Waals surface area (Å²) < 4.78 is 0. The smallest absolute Gasteiger partial charge is 0.00703 e. The molecule has 0 saturated carbocycles. The van der Waals surface area contributed by atoms with Crippen LogP contribution in [0.3, 0.4) is 0 Å². The topological polar surface area (TPSA) is 0 Å². The Morgan fingerprint density at radius 2 is 1.00 bits per heavy atom. The van der Waals surface area contributed by atoms with Gasteiger partial charge in [-0.25, -0.2) is 0 Å². The molecule has 0 aromatic carbocycles. The Morgan fingerprint density at radius 3 is 1.08 bits per heavy atom. The van der Waals surface area contributed by atoms with Crippen LogP contribution in [-0.2, 0) is 0 Å². The lowest BCUT2D eigenvalue weighted by atomic mass is 10.6. The van der Waals surface area contributed by atoms with Gasteiger partial charge in [0.05, 0.1) is 0 Å². The quantitative estimate of drug-likeness (QED) is 0.597. The molecule has 76 valence electrons. The van der Waals surface area contributed by atoms with Crippen molar-refractivity contribution in [1.82, 2.24) is 0 Å². The second-order valence-corrected chi connectivity index (χ2v) is 5.18. The third-order valence-corrected chi connectivity index (χ3v) is 3.32. The normalized spacial score (nSPS) is 9.00. The van der Waals surface area contributed by atoms with Gasteiger partial charge in [-0.3, -0.25) is 0 Å². The van der Waals surface area contributed by atoms with Gasteiger partial charge >= 0.3 is 0 Å². The predicted molar refractivity (Wildman–Crippen MR) is 66.6 cm³/mol. The minimum absolute atomic E-state index is 1.27. The fourth-order valence-electron chi connectivity index (χ4n) is 0.577. The van der Waals surface area contributed by atoms with Gasteiger partial charge in [-0.1, -0.05) is 27.7 Å². The summed E-state index contributed by atoms with van der Waals surface area (Å²) in [6.07, 6.45) is 2.64. The van der Waals surface area contributed by atoms with E-state index in [1.165, 1.54) is 35.9 Å². The molecule has 0 rings (SSSR count). The molecule has 2 heteroatoms. The van der Waals surface area contributed by atoms with Crippen LogP contribution in [0.5, 0.6) is 0 Å². The van der Waals surface area contributed by atoms with Crippen molar-refractivity contribution in [3.05, 3.63) is 0 Å². The first-order chi connectivity index (χ1) is 5.83. The summed E-state index contributed by atoms with van der Waals surface area (Å²) in [6, 6.07) is 0. The zero-order valence-electron chi connectivity index (χ0n) is 9.06. The molecule has 0 aliphatic rings. The molecular weight excluding hydrogens is 184 g/mol. The maximum Gasteiger partial charge on any atom is -0.00703 e. The largest absolute Gasteiger partial charge is 0.162 e. The van der Waals surface area contributed by atoms with Crippen molar-refractivity contribution in [2.75, 3.05) is 23.0 Å². The number of thioether (sulfide) groups is 2. The van der Waals surface area contributed by atoms with Gasteiger partial charge < -0.3 is 0 Å². The van der Waals surface area contributed by atoms with Crippen LogP contribution in [0, 0.1) is 0 Å². The summed E-state index contributed by atoms with van der Waals surface area (Å²) in [5, 5.41) is 0. The molecular formula is C10H24S2. The van der Waals surface area contributed by atoms with Crippen LogP contribution < -0.4 is 0 Å². The molecule has 0 aliphatic carbocycles. The van der Waals surface area contributed by atoms with Gasteiger partial charge in [-0.05, 0) is 35.9 Å². The van der Waals surface area contributed by atoms with E-state index in [0.29, 0.717) is 0 Å². The van der Waals surface area contributed by atoms with Crippen LogP contribution >= 0.6 is 23.5 Å². The van der Waals surface area contributed by atoms with Gasteiger partial charge in [0.25, 0.3) is 0 Å². The fourth-order valence-corrected chi connectivity index (χ4v) is 1.73. The second kappa shape index (κ2) is 17.7. The molecule has 12 heavy (non-hydrogen) atoms. The fraction of sp³-hybridized carbons (Fsp3) is 1.00. The summed E-state index contributed by atoms with van der Waals surface area (Å²) in [5.74, 6) is 5.20. The predicted octanol–water partition coefficient (Wildman–Crippen LogP) is 4.30. The van der Waals surface area contributed by atoms with Gasteiger partial charge in [-0.15, -0.1) is 0 Å². The van der Waals surface area contributed by atoms with Gasteiger partial charge in [0.15, 0.2) is 0 Å². The molecule has 0 fully saturated rings. The van der Waals surface area contributed by atoms with E-state index in [1.807, 2.05) is 23.5 Å². The number of rotatable bonds is 6. The maximum atomic E-state index is 2.21. The zero-order valence-corrected chi connectivity index (χ0v) is 10.7. The lowest BCUT2D eigenvalue weighted by Crippen LogP contribution is -1.71. The Balaban J connectivity index is 0. The molecule has 0 nitrogen and oxygen atoms in total. The number of hydrogen-bond donors (Lipinski definition) is 0. The van der Waals surface area contributed by atoms with Gasteiger partial charge in [-0.2, -0.15) is 23.5 Å². The van der Waals surface area contributed by atoms with E-state index in [1.54, 1.807) is 0 Å². The van der Waals surface area contributed by atoms with Crippen molar-refractivity contribution in [2.45, 2.75) is 40.5 Å². The van der Waals surface area contributed by atoms with Crippen molar-refractivity contribution in [3.63, 3.8) is 0 Å². The summed E-state index contributed by atoms with van der Waals surface area (Å²) >= 11 is 4.02. The molecule has 0 unspecified atom stereocenters. The first-order valence-electron chi connectivity index (χ1n) is 4.98. The summed E-state index contributed by atoms with van der Waals surface area (Å²) in [4.78, 5) is 0. The highest BCUT2D eigenvalue weighted by Gasteiger charge is 1.75. The van der Waals surface area contributed by atoms with Crippen LogP contribution in [-0.4, -0.2) is 23.0 Å². The summed E-state index contributed by atoms with van der Waals surface area (Å²) in [6.45, 7) is 8.81. The van der Waals surface area contributed by atoms with Crippen molar-refractivity contribution >= 4 is 23.5 Å². The minimum Gasteiger partial charge on any atom is -0.162 e. The van der Waals surface area contributed by atoms with Crippen molar-refractivity contribution in [1.29, 1.82) is 0 Å². The maximum absolute atomic E-state index is 2.21. The molecule has 0 amide bonds. The Morgan fingerprint density at radius 1 is 0.667 bits per heavy atom. The van der Waals surface area contributed by atoms with Crippen molar-refractivity contribution < 1.29 is 0 Å². The molecule has 0 bridgehead atoms. The summed E-state index contributed by atoms with van der Waals surface area (Å²) in [7, 11) is 0. The average Bonchev–Trinajstić information content (AvgIpc) is 2.12. The lowest BCUT2D eigenvalue weighted by molar-refractivity contribution is 1.11. The Labute approximate surface area is 87.3 Å². The minimum atomic E-state index is 1.27.